The highest BCUT2D eigenvalue weighted by Crippen LogP contribution is 2.20. The molecular formula is C14H21NS. The van der Waals surface area contributed by atoms with E-state index in [-0.39, 0.29) is 0 Å². The fraction of sp³-hybridized carbons (Fsp3) is 0.571. The summed E-state index contributed by atoms with van der Waals surface area (Å²) in [5.74, 6) is 3.36. The number of thioether (sulfide) groups is 1. The zero-order valence-corrected chi connectivity index (χ0v) is 10.9. The van der Waals surface area contributed by atoms with Gasteiger partial charge in [0.05, 0.1) is 0 Å². The minimum Gasteiger partial charge on any atom is -0.316 e. The van der Waals surface area contributed by atoms with Gasteiger partial charge < -0.3 is 5.32 Å². The van der Waals surface area contributed by atoms with Crippen LogP contribution in [0.5, 0.6) is 0 Å². The Bertz CT molecular complexity index is 318. The van der Waals surface area contributed by atoms with Crippen LogP contribution in [0, 0.1) is 12.8 Å². The molecule has 1 aromatic rings. The van der Waals surface area contributed by atoms with E-state index in [1.54, 1.807) is 0 Å². The van der Waals surface area contributed by atoms with Gasteiger partial charge >= 0.3 is 0 Å². The van der Waals surface area contributed by atoms with Gasteiger partial charge in [-0.3, -0.25) is 0 Å². The quantitative estimate of drug-likeness (QED) is 0.860. The molecule has 2 heteroatoms. The van der Waals surface area contributed by atoms with E-state index in [4.69, 9.17) is 0 Å². The predicted octanol–water partition coefficient (Wildman–Crippen LogP) is 3.23. The van der Waals surface area contributed by atoms with Crippen LogP contribution in [0.2, 0.25) is 0 Å². The van der Waals surface area contributed by atoms with Crippen LogP contribution >= 0.6 is 11.8 Å². The van der Waals surface area contributed by atoms with Gasteiger partial charge in [-0.05, 0) is 50.1 Å². The summed E-state index contributed by atoms with van der Waals surface area (Å²) in [5.41, 5.74) is 2.84. The molecule has 16 heavy (non-hydrogen) atoms. The Morgan fingerprint density at radius 2 is 2.38 bits per heavy atom. The van der Waals surface area contributed by atoms with Gasteiger partial charge in [0.1, 0.15) is 0 Å². The second-order valence-corrected chi connectivity index (χ2v) is 5.75. The maximum Gasteiger partial charge on any atom is 0.0184 e. The molecule has 0 radical (unpaired) electrons. The van der Waals surface area contributed by atoms with Crippen molar-refractivity contribution < 1.29 is 0 Å². The first-order valence-corrected chi connectivity index (χ1v) is 7.34. The summed E-state index contributed by atoms with van der Waals surface area (Å²) >= 11 is 2.08. The first-order valence-electron chi connectivity index (χ1n) is 6.18. The Labute approximate surface area is 103 Å². The monoisotopic (exact) mass is 235 g/mol. The van der Waals surface area contributed by atoms with Crippen molar-refractivity contribution in [3.8, 4) is 0 Å². The fourth-order valence-electron chi connectivity index (χ4n) is 2.21. The molecule has 1 nitrogen and oxygen atoms in total. The molecule has 1 aliphatic heterocycles. The van der Waals surface area contributed by atoms with Crippen LogP contribution in [0.15, 0.2) is 24.3 Å². The molecule has 0 aromatic heterocycles. The molecule has 1 N–H and O–H groups in total. The lowest BCUT2D eigenvalue weighted by Gasteiger charge is -2.22. The fourth-order valence-corrected chi connectivity index (χ4v) is 3.36. The summed E-state index contributed by atoms with van der Waals surface area (Å²) in [6, 6.07) is 8.86. The molecule has 0 amide bonds. The van der Waals surface area contributed by atoms with E-state index in [1.165, 1.54) is 42.8 Å². The van der Waals surface area contributed by atoms with Crippen molar-refractivity contribution >= 4 is 11.8 Å². The van der Waals surface area contributed by atoms with Crippen molar-refractivity contribution in [1.82, 2.24) is 5.32 Å². The number of aryl methyl sites for hydroxylation is 1. The smallest absolute Gasteiger partial charge is 0.0184 e. The number of hydrogen-bond donors (Lipinski definition) is 1. The molecule has 0 spiro atoms. The second kappa shape index (κ2) is 6.31. The molecule has 1 aromatic carbocycles. The van der Waals surface area contributed by atoms with E-state index in [0.717, 1.165) is 11.7 Å². The topological polar surface area (TPSA) is 12.0 Å². The van der Waals surface area contributed by atoms with Crippen LogP contribution in [0.1, 0.15) is 24.0 Å². The Hall–Kier alpha value is -0.470. The summed E-state index contributed by atoms with van der Waals surface area (Å²) in [7, 11) is 0. The highest BCUT2D eigenvalue weighted by Gasteiger charge is 2.12. The first-order chi connectivity index (χ1) is 7.84. The second-order valence-electron chi connectivity index (χ2n) is 4.72. The van der Waals surface area contributed by atoms with Gasteiger partial charge in [0.2, 0.25) is 0 Å². The zero-order chi connectivity index (χ0) is 11.2. The minimum absolute atomic E-state index is 0.892. The van der Waals surface area contributed by atoms with Gasteiger partial charge in [-0.15, -0.1) is 0 Å². The van der Waals surface area contributed by atoms with Crippen LogP contribution in [-0.2, 0) is 5.75 Å². The van der Waals surface area contributed by atoms with Gasteiger partial charge in [-0.25, -0.2) is 0 Å². The van der Waals surface area contributed by atoms with Crippen LogP contribution in [0.25, 0.3) is 0 Å². The van der Waals surface area contributed by atoms with Crippen LogP contribution in [0.3, 0.4) is 0 Å². The van der Waals surface area contributed by atoms with E-state index in [9.17, 15) is 0 Å². The molecule has 0 aliphatic carbocycles. The third-order valence-electron chi connectivity index (χ3n) is 3.10. The van der Waals surface area contributed by atoms with E-state index in [1.807, 2.05) is 0 Å². The van der Waals surface area contributed by atoms with Crippen molar-refractivity contribution in [2.45, 2.75) is 25.5 Å². The molecule has 2 rings (SSSR count). The van der Waals surface area contributed by atoms with Crippen molar-refractivity contribution in [3.63, 3.8) is 0 Å². The molecule has 0 saturated carbocycles. The predicted molar refractivity (Wildman–Crippen MR) is 72.9 cm³/mol. The summed E-state index contributed by atoms with van der Waals surface area (Å²) in [6.45, 7) is 4.61. The Morgan fingerprint density at radius 3 is 3.12 bits per heavy atom. The normalized spacial score (nSPS) is 20.9. The molecule has 1 heterocycles. The minimum atomic E-state index is 0.892. The standard InChI is InChI=1S/C14H21NS/c1-12-4-2-5-13(8-12)10-16-11-14-6-3-7-15-9-14/h2,4-5,8,14-15H,3,6-7,9-11H2,1H3. The van der Waals surface area contributed by atoms with Gasteiger partial charge in [-0.1, -0.05) is 29.8 Å². The lowest BCUT2D eigenvalue weighted by molar-refractivity contribution is 0.410. The van der Waals surface area contributed by atoms with Crippen LogP contribution in [-0.4, -0.2) is 18.8 Å². The summed E-state index contributed by atoms with van der Waals surface area (Å²) < 4.78 is 0. The highest BCUT2D eigenvalue weighted by atomic mass is 32.2. The molecule has 0 bridgehead atoms. The number of benzene rings is 1. The van der Waals surface area contributed by atoms with Crippen LogP contribution in [0.4, 0.5) is 0 Å². The number of nitrogens with one attached hydrogen (secondary N) is 1. The molecular weight excluding hydrogens is 214 g/mol. The first kappa shape index (κ1) is 12.0. The summed E-state index contributed by atoms with van der Waals surface area (Å²) in [4.78, 5) is 0. The number of piperidine rings is 1. The molecule has 1 aliphatic rings. The lowest BCUT2D eigenvalue weighted by atomic mass is 10.0. The molecule has 1 atom stereocenters. The van der Waals surface area contributed by atoms with E-state index in [0.29, 0.717) is 0 Å². The van der Waals surface area contributed by atoms with E-state index >= 15 is 0 Å². The summed E-state index contributed by atoms with van der Waals surface area (Å²) in [6.07, 6.45) is 2.77. The van der Waals surface area contributed by atoms with Gasteiger partial charge in [-0.2, -0.15) is 11.8 Å². The van der Waals surface area contributed by atoms with Crippen molar-refractivity contribution in [3.05, 3.63) is 35.4 Å². The Balaban J connectivity index is 1.71. The average molecular weight is 235 g/mol. The molecule has 1 unspecified atom stereocenters. The highest BCUT2D eigenvalue weighted by molar-refractivity contribution is 7.98. The lowest BCUT2D eigenvalue weighted by Crippen LogP contribution is -2.30. The molecule has 1 fully saturated rings. The Kier molecular flexibility index (Phi) is 4.73. The van der Waals surface area contributed by atoms with Crippen LogP contribution < -0.4 is 5.32 Å². The molecule has 1 saturated heterocycles. The van der Waals surface area contributed by atoms with E-state index < -0.39 is 0 Å². The third kappa shape index (κ3) is 3.84. The van der Waals surface area contributed by atoms with E-state index in [2.05, 4.69) is 48.3 Å². The molecule has 88 valence electrons. The van der Waals surface area contributed by atoms with Gasteiger partial charge in [0, 0.05) is 5.75 Å². The average Bonchev–Trinajstić information content (AvgIpc) is 2.30. The SMILES string of the molecule is Cc1cccc(CSCC2CCCNC2)c1. The number of rotatable bonds is 4. The van der Waals surface area contributed by atoms with Gasteiger partial charge in [0.25, 0.3) is 0 Å². The maximum atomic E-state index is 3.48. The third-order valence-corrected chi connectivity index (χ3v) is 4.35. The zero-order valence-electron chi connectivity index (χ0n) is 10.0. The summed E-state index contributed by atoms with van der Waals surface area (Å²) in [5, 5.41) is 3.48. The van der Waals surface area contributed by atoms with Crippen molar-refractivity contribution in [1.29, 1.82) is 0 Å². The Morgan fingerprint density at radius 1 is 1.44 bits per heavy atom. The van der Waals surface area contributed by atoms with Gasteiger partial charge in [0.15, 0.2) is 0 Å². The van der Waals surface area contributed by atoms with Crippen molar-refractivity contribution in [2.75, 3.05) is 18.8 Å². The number of hydrogen-bond acceptors (Lipinski definition) is 2. The van der Waals surface area contributed by atoms with Crippen molar-refractivity contribution in [2.24, 2.45) is 5.92 Å². The maximum absolute atomic E-state index is 3.48. The largest absolute Gasteiger partial charge is 0.316 e.